The molecule has 4 nitrogen and oxygen atoms in total. The van der Waals surface area contributed by atoms with Gasteiger partial charge in [-0.2, -0.15) is 0 Å². The van der Waals surface area contributed by atoms with Crippen molar-refractivity contribution in [1.82, 2.24) is 7.06 Å². The van der Waals surface area contributed by atoms with Crippen molar-refractivity contribution in [2.24, 2.45) is 23.7 Å². The molecule has 0 amide bonds. The molecule has 0 radical (unpaired) electrons. The molecule has 5 fully saturated rings. The number of carbonyl (C=O) groups is 1. The number of fused-ring (bicyclic) bond motifs is 5. The molecule has 3 aliphatic carbocycles. The minimum absolute atomic E-state index is 0.0753. The number of halogens is 2. The van der Waals surface area contributed by atoms with Crippen molar-refractivity contribution in [3.05, 3.63) is 0 Å². The van der Waals surface area contributed by atoms with Crippen LogP contribution in [0.25, 0.3) is 0 Å². The average Bonchev–Trinajstić information content (AvgIpc) is 3.25. The molecule has 20 heavy (non-hydrogen) atoms. The van der Waals surface area contributed by atoms with Crippen LogP contribution in [0.15, 0.2) is 0 Å². The molecule has 2 bridgehead atoms. The summed E-state index contributed by atoms with van der Waals surface area (Å²) >= 11 is -0.0792. The van der Waals surface area contributed by atoms with Crippen LogP contribution >= 0.6 is 0 Å². The normalized spacial score (nSPS) is 58.8. The number of hydrogen-bond donors (Lipinski definition) is 2. The molecule has 0 aromatic rings. The third-order valence-electron chi connectivity index (χ3n) is 6.40. The Bertz CT molecular complexity index is 478. The molecule has 5 rings (SSSR count). The van der Waals surface area contributed by atoms with Crippen LogP contribution in [0.5, 0.6) is 0 Å². The topological polar surface area (TPSA) is 70.2 Å². The molecule has 7 unspecified atom stereocenters. The van der Waals surface area contributed by atoms with E-state index in [9.17, 15) is 4.79 Å². The van der Waals surface area contributed by atoms with E-state index in [4.69, 9.17) is 4.74 Å². The van der Waals surface area contributed by atoms with Gasteiger partial charge in [-0.05, 0) is 0 Å². The fourth-order valence-electron chi connectivity index (χ4n) is 5.11. The van der Waals surface area contributed by atoms with E-state index < -0.39 is 0 Å². The van der Waals surface area contributed by atoms with Crippen LogP contribution in [0.2, 0.25) is 0 Å². The van der Waals surface area contributed by atoms with Crippen molar-refractivity contribution in [2.45, 2.75) is 52.2 Å². The molecule has 7 atom stereocenters. The number of rotatable bonds is 4. The van der Waals surface area contributed by atoms with Gasteiger partial charge in [-0.1, -0.05) is 0 Å². The first-order valence-electron chi connectivity index (χ1n) is 7.72. The van der Waals surface area contributed by atoms with Crippen molar-refractivity contribution in [2.75, 3.05) is 0 Å². The van der Waals surface area contributed by atoms with Gasteiger partial charge < -0.3 is 0 Å². The fraction of sp³-hybridized carbons (Fsp3) is 0.929. The molecular formula is C14H20I2N2O2-2. The molecule has 2 heterocycles. The van der Waals surface area contributed by atoms with Crippen LogP contribution in [-0.4, -0.2) is 19.2 Å². The van der Waals surface area contributed by atoms with Gasteiger partial charge in [0.1, 0.15) is 0 Å². The Balaban J connectivity index is 1.38. The van der Waals surface area contributed by atoms with Gasteiger partial charge >= 0.3 is 141 Å². The van der Waals surface area contributed by atoms with Gasteiger partial charge in [0, 0.05) is 0 Å². The van der Waals surface area contributed by atoms with Crippen LogP contribution in [0, 0.1) is 23.7 Å². The summed E-state index contributed by atoms with van der Waals surface area (Å²) in [6, 6.07) is 0. The molecule has 2 N–H and O–H groups in total. The number of hydrogen-bond acceptors (Lipinski definition) is 4. The third kappa shape index (κ3) is 1.62. The van der Waals surface area contributed by atoms with E-state index in [0.717, 1.165) is 30.6 Å². The van der Waals surface area contributed by atoms with Crippen LogP contribution in [-0.2, 0) is 9.53 Å². The molecule has 114 valence electrons. The van der Waals surface area contributed by atoms with Gasteiger partial charge in [-0.15, -0.1) is 0 Å². The van der Waals surface area contributed by atoms with Crippen molar-refractivity contribution < 1.29 is 52.5 Å². The predicted octanol–water partition coefficient (Wildman–Crippen LogP) is -5.02. The number of esters is 1. The van der Waals surface area contributed by atoms with Crippen molar-refractivity contribution in [3.8, 4) is 0 Å². The summed E-state index contributed by atoms with van der Waals surface area (Å²) in [4.78, 5) is 12.7. The first-order valence-corrected chi connectivity index (χ1v) is 12.2. The predicted molar refractivity (Wildman–Crippen MR) is 64.3 cm³/mol. The van der Waals surface area contributed by atoms with Crippen LogP contribution in [0.4, 0.5) is 0 Å². The Morgan fingerprint density at radius 1 is 1.40 bits per heavy atom. The average molecular weight is 502 g/mol. The minimum atomic E-state index is -0.213. The Kier molecular flexibility index (Phi) is 2.81. The quantitative estimate of drug-likeness (QED) is 0.101. The van der Waals surface area contributed by atoms with E-state index in [0.29, 0.717) is 9.97 Å². The summed E-state index contributed by atoms with van der Waals surface area (Å²) in [5, 5.41) is 0. The standard InChI is InChI=1S/C14H20I2N2O2/c1-2-13(6-7-5-10(13)9-4-3-8(7)9)20-12(19)14(16-18-14)11-15-17-11/h7-11,17-18H,2-6H2,1H3/q-2. The molecule has 2 aliphatic heterocycles. The van der Waals surface area contributed by atoms with Gasteiger partial charge in [0.05, 0.1) is 0 Å². The van der Waals surface area contributed by atoms with E-state index >= 15 is 0 Å². The van der Waals surface area contributed by atoms with E-state index in [1.807, 2.05) is 0 Å². The van der Waals surface area contributed by atoms with Crippen LogP contribution < -0.4 is 50.0 Å². The fourth-order valence-corrected chi connectivity index (χ4v) is 10.9. The summed E-state index contributed by atoms with van der Waals surface area (Å²) in [5.41, 5.74) is -0.0996. The number of alkyl halides is 2. The summed E-state index contributed by atoms with van der Waals surface area (Å²) in [7, 11) is 0. The Morgan fingerprint density at radius 2 is 2.15 bits per heavy atom. The SMILES string of the molecule is CCC1(OC(=O)C2(C3N[I-]3)N[I-]2)CC2CC1C1CCC21. The second kappa shape index (κ2) is 4.23. The molecule has 0 aromatic carbocycles. The molecule has 5 aliphatic rings. The zero-order valence-corrected chi connectivity index (χ0v) is 15.8. The molecule has 0 spiro atoms. The third-order valence-corrected chi connectivity index (χ3v) is 12.5. The van der Waals surface area contributed by atoms with E-state index in [1.165, 1.54) is 19.3 Å². The maximum atomic E-state index is 12.7. The van der Waals surface area contributed by atoms with Crippen LogP contribution in [0.1, 0.15) is 39.0 Å². The summed E-state index contributed by atoms with van der Waals surface area (Å²) in [5.74, 6) is 3.50. The summed E-state index contributed by atoms with van der Waals surface area (Å²) in [6.07, 6.45) is 6.33. The Hall–Kier alpha value is 0.850. The Morgan fingerprint density at radius 3 is 2.65 bits per heavy atom. The Labute approximate surface area is 140 Å². The second-order valence-corrected chi connectivity index (χ2v) is 12.3. The van der Waals surface area contributed by atoms with Crippen molar-refractivity contribution in [3.63, 3.8) is 0 Å². The first-order chi connectivity index (χ1) is 9.68. The van der Waals surface area contributed by atoms with E-state index in [1.54, 1.807) is 0 Å². The monoisotopic (exact) mass is 502 g/mol. The van der Waals surface area contributed by atoms with Crippen molar-refractivity contribution >= 4 is 5.97 Å². The van der Waals surface area contributed by atoms with E-state index in [-0.39, 0.29) is 58.1 Å². The molecular weight excluding hydrogens is 482 g/mol. The molecule has 3 saturated carbocycles. The van der Waals surface area contributed by atoms with Gasteiger partial charge in [0.25, 0.3) is 0 Å². The molecule has 0 aromatic heterocycles. The zero-order valence-electron chi connectivity index (χ0n) is 11.5. The van der Waals surface area contributed by atoms with Crippen LogP contribution in [0.3, 0.4) is 0 Å². The number of nitrogens with one attached hydrogen (secondary N) is 2. The summed E-state index contributed by atoms with van der Waals surface area (Å²) < 4.78 is 13.3. The summed E-state index contributed by atoms with van der Waals surface area (Å²) in [6.45, 7) is 2.23. The van der Waals surface area contributed by atoms with Gasteiger partial charge in [0.2, 0.25) is 0 Å². The zero-order chi connectivity index (χ0) is 13.5. The number of ether oxygens (including phenoxy) is 1. The second-order valence-electron chi connectivity index (χ2n) is 7.00. The maximum absolute atomic E-state index is 12.7. The van der Waals surface area contributed by atoms with Gasteiger partial charge in [0.15, 0.2) is 0 Å². The molecule has 6 heteroatoms. The first kappa shape index (κ1) is 13.3. The van der Waals surface area contributed by atoms with Crippen molar-refractivity contribution in [1.29, 1.82) is 0 Å². The number of carbonyl (C=O) groups excluding carboxylic acids is 1. The molecule has 2 saturated heterocycles. The van der Waals surface area contributed by atoms with E-state index in [2.05, 4.69) is 14.0 Å². The van der Waals surface area contributed by atoms with Gasteiger partial charge in [-0.3, -0.25) is 0 Å². The van der Waals surface area contributed by atoms with Gasteiger partial charge in [-0.25, -0.2) is 0 Å².